The van der Waals surface area contributed by atoms with Gasteiger partial charge in [0.1, 0.15) is 0 Å². The molecule has 4 N–H and O–H groups in total. The van der Waals surface area contributed by atoms with Gasteiger partial charge in [0.15, 0.2) is 0 Å². The summed E-state index contributed by atoms with van der Waals surface area (Å²) in [5.41, 5.74) is 11.2. The van der Waals surface area contributed by atoms with Crippen molar-refractivity contribution in [1.82, 2.24) is 19.8 Å². The Bertz CT molecular complexity index is 3960. The van der Waals surface area contributed by atoms with Crippen LogP contribution in [0.3, 0.4) is 0 Å². The standard InChI is InChI=1S/C33H29N3O5.C31H25N3O5.CH4O/c1-3-41-33(38)27-9-6-8-24(19-27)30-10-5-4-7-28(30)21-35-18-17-25-20-26(13-16-31(25)35)32(37)34-22(2)23-11-14-29(15-12-23)36(39)40;1-20(21-9-12-27(13-10-21)34(38)39)32-30(35)24-11-14-29-23(18-24)15-16-33(29)19-26-5-2-3-8-28(26)22-6-4-7-25(17-22)31(36)37;1-2/h4-20,22H,3,21H2,1-2H3,(H,34,37);2-18,20H,19H2,1H3,(H,32,35)(H,36,37);2H,1H3/t22-;20-;/m00./s1. The Hall–Kier alpha value is -10.5. The minimum Gasteiger partial charge on any atom is -0.478 e. The highest BCUT2D eigenvalue weighted by Gasteiger charge is 2.18. The van der Waals surface area contributed by atoms with Crippen LogP contribution in [0.25, 0.3) is 44.1 Å². The summed E-state index contributed by atoms with van der Waals surface area (Å²) in [4.78, 5) is 70.6. The number of aliphatic hydroxyl groups excluding tert-OH is 1. The molecule has 2 amide bonds. The van der Waals surface area contributed by atoms with Crippen LogP contribution in [0.2, 0.25) is 0 Å². The lowest BCUT2D eigenvalue weighted by Gasteiger charge is -2.15. The van der Waals surface area contributed by atoms with Crippen molar-refractivity contribution in [3.05, 3.63) is 271 Å². The van der Waals surface area contributed by atoms with E-state index in [-0.39, 0.29) is 46.8 Å². The molecule has 8 aromatic carbocycles. The van der Waals surface area contributed by atoms with E-state index >= 15 is 0 Å². The Morgan fingerprint density at radius 3 is 1.34 bits per heavy atom. The number of hydrogen-bond acceptors (Lipinski definition) is 10. The maximum Gasteiger partial charge on any atom is 0.338 e. The van der Waals surface area contributed by atoms with Crippen LogP contribution in [0.5, 0.6) is 0 Å². The largest absolute Gasteiger partial charge is 0.478 e. The number of carbonyl (C=O) groups excluding carboxylic acids is 3. The summed E-state index contributed by atoms with van der Waals surface area (Å²) in [5, 5.41) is 46.0. The Morgan fingerprint density at radius 1 is 0.512 bits per heavy atom. The van der Waals surface area contributed by atoms with Crippen LogP contribution < -0.4 is 10.6 Å². The van der Waals surface area contributed by atoms with Crippen molar-refractivity contribution in [2.45, 2.75) is 45.9 Å². The predicted molar refractivity (Wildman–Crippen MR) is 315 cm³/mol. The second kappa shape index (κ2) is 26.4. The van der Waals surface area contributed by atoms with Crippen LogP contribution in [-0.4, -0.2) is 66.7 Å². The molecule has 17 heteroatoms. The van der Waals surface area contributed by atoms with Crippen molar-refractivity contribution in [2.24, 2.45) is 0 Å². The van der Waals surface area contributed by atoms with Crippen LogP contribution in [0.15, 0.2) is 207 Å². The fraction of sp³-hybridized carbons (Fsp3) is 0.138. The molecule has 0 aliphatic rings. The maximum atomic E-state index is 13.0. The zero-order valence-corrected chi connectivity index (χ0v) is 45.3. The molecule has 0 fully saturated rings. The van der Waals surface area contributed by atoms with Crippen molar-refractivity contribution < 1.29 is 44.0 Å². The van der Waals surface area contributed by atoms with E-state index in [0.717, 1.165) is 73.4 Å². The third-order valence-electron chi connectivity index (χ3n) is 13.8. The first-order valence-corrected chi connectivity index (χ1v) is 26.1. The first-order chi connectivity index (χ1) is 39.6. The number of non-ortho nitro benzene ring substituents is 2. The number of nitrogens with one attached hydrogen (secondary N) is 2. The molecule has 82 heavy (non-hydrogen) atoms. The highest BCUT2D eigenvalue weighted by molar-refractivity contribution is 5.99. The first kappa shape index (κ1) is 57.6. The van der Waals surface area contributed by atoms with Gasteiger partial charge in [-0.25, -0.2) is 9.59 Å². The molecule has 0 spiro atoms. The highest BCUT2D eigenvalue weighted by Crippen LogP contribution is 2.30. The quantitative estimate of drug-likeness (QED) is 0.0380. The lowest BCUT2D eigenvalue weighted by atomic mass is 9.98. The van der Waals surface area contributed by atoms with E-state index < -0.39 is 15.8 Å². The van der Waals surface area contributed by atoms with Crippen molar-refractivity contribution >= 4 is 56.9 Å². The van der Waals surface area contributed by atoms with Crippen LogP contribution in [0, 0.1) is 20.2 Å². The van der Waals surface area contributed by atoms with E-state index in [1.165, 1.54) is 24.3 Å². The van der Waals surface area contributed by atoms with Crippen molar-refractivity contribution in [3.63, 3.8) is 0 Å². The molecular weight excluding hydrogens is 1040 g/mol. The molecule has 0 aliphatic carbocycles. The van der Waals surface area contributed by atoms with Gasteiger partial charge in [0.05, 0.1) is 39.7 Å². The SMILES string of the molecule is CCOC(=O)c1cccc(-c2ccccc2Cn2ccc3cc(C(=O)N[C@@H](C)c4ccc([N+](=O)[O-])cc4)ccc32)c1.CO.C[C@H](NC(=O)c1ccc2c(ccn2Cc2ccccc2-c2cccc(C(=O)O)c2)c1)c1ccc([N+](=O)[O-])cc1. The molecule has 2 atom stereocenters. The number of carbonyl (C=O) groups is 4. The number of fused-ring (bicyclic) bond motifs is 2. The Kier molecular flexibility index (Phi) is 18.6. The predicted octanol–water partition coefficient (Wildman–Crippen LogP) is 13.0. The molecular formula is C65H58N6O11. The van der Waals surface area contributed by atoms with Crippen molar-refractivity contribution in [1.29, 1.82) is 0 Å². The third kappa shape index (κ3) is 13.7. The monoisotopic (exact) mass is 1100 g/mol. The second-order valence-electron chi connectivity index (χ2n) is 19.0. The minimum absolute atomic E-state index is 0.00337. The molecule has 0 saturated heterocycles. The number of amides is 2. The van der Waals surface area contributed by atoms with Crippen LogP contribution in [0.4, 0.5) is 11.4 Å². The lowest BCUT2D eigenvalue weighted by molar-refractivity contribution is -0.385. The lowest BCUT2D eigenvalue weighted by Crippen LogP contribution is -2.26. The van der Waals surface area contributed by atoms with Crippen molar-refractivity contribution in [2.75, 3.05) is 13.7 Å². The van der Waals surface area contributed by atoms with Gasteiger partial charge in [-0.1, -0.05) is 97.1 Å². The van der Waals surface area contributed by atoms with Gasteiger partial charge >= 0.3 is 11.9 Å². The summed E-state index contributed by atoms with van der Waals surface area (Å²) in [7, 11) is 1.00. The zero-order chi connectivity index (χ0) is 58.5. The van der Waals surface area contributed by atoms with Gasteiger partial charge in [0, 0.05) is 89.8 Å². The van der Waals surface area contributed by atoms with Gasteiger partial charge in [-0.3, -0.25) is 29.8 Å². The second-order valence-corrected chi connectivity index (χ2v) is 19.0. The number of benzene rings is 8. The van der Waals surface area contributed by atoms with Crippen LogP contribution >= 0.6 is 0 Å². The van der Waals surface area contributed by atoms with Gasteiger partial charge in [-0.15, -0.1) is 0 Å². The molecule has 17 nitrogen and oxygen atoms in total. The number of carboxylic acid groups (broad SMARTS) is 1. The smallest absolute Gasteiger partial charge is 0.338 e. The molecule has 0 bridgehead atoms. The molecule has 0 radical (unpaired) electrons. The average Bonchev–Trinajstić information content (AvgIpc) is 4.30. The Labute approximate surface area is 472 Å². The Balaban J connectivity index is 0.000000209. The summed E-state index contributed by atoms with van der Waals surface area (Å²) < 4.78 is 9.39. The molecule has 10 aromatic rings. The number of aromatic nitrogens is 2. The summed E-state index contributed by atoms with van der Waals surface area (Å²) >= 11 is 0. The van der Waals surface area contributed by atoms with E-state index in [1.807, 2.05) is 129 Å². The molecule has 2 heterocycles. The highest BCUT2D eigenvalue weighted by atomic mass is 16.6. The van der Waals surface area contributed by atoms with Crippen LogP contribution in [-0.2, 0) is 17.8 Å². The number of nitro groups is 2. The van der Waals surface area contributed by atoms with Gasteiger partial charge in [-0.05, 0) is 138 Å². The fourth-order valence-corrected chi connectivity index (χ4v) is 9.55. The summed E-state index contributed by atoms with van der Waals surface area (Å²) in [5.74, 6) is -1.77. The average molecular weight is 1100 g/mol. The van der Waals surface area contributed by atoms with Gasteiger partial charge in [0.2, 0.25) is 0 Å². The molecule has 414 valence electrons. The van der Waals surface area contributed by atoms with E-state index in [9.17, 15) is 44.5 Å². The number of rotatable bonds is 17. The minimum atomic E-state index is -0.965. The first-order valence-electron chi connectivity index (χ1n) is 26.1. The molecule has 10 rings (SSSR count). The van der Waals surface area contributed by atoms with Crippen LogP contribution in [0.1, 0.15) is 96.5 Å². The van der Waals surface area contributed by atoms with Crippen molar-refractivity contribution in [3.8, 4) is 22.3 Å². The Morgan fingerprint density at radius 2 is 0.927 bits per heavy atom. The van der Waals surface area contributed by atoms with Gasteiger partial charge < -0.3 is 34.7 Å². The zero-order valence-electron chi connectivity index (χ0n) is 45.3. The summed E-state index contributed by atoms with van der Waals surface area (Å²) in [6.07, 6.45) is 3.97. The summed E-state index contributed by atoms with van der Waals surface area (Å²) in [6, 6.07) is 57.1. The van der Waals surface area contributed by atoms with Gasteiger partial charge in [-0.2, -0.15) is 0 Å². The van der Waals surface area contributed by atoms with Gasteiger partial charge in [0.25, 0.3) is 23.2 Å². The topological polar surface area (TPSA) is 238 Å². The number of hydrogen-bond donors (Lipinski definition) is 4. The number of carboxylic acids is 1. The fourth-order valence-electron chi connectivity index (χ4n) is 9.55. The normalized spacial score (nSPS) is 11.5. The van der Waals surface area contributed by atoms with E-state index in [2.05, 4.69) is 25.8 Å². The summed E-state index contributed by atoms with van der Waals surface area (Å²) in [6.45, 7) is 6.95. The maximum absolute atomic E-state index is 13.0. The number of nitrogens with zero attached hydrogens (tertiary/aromatic N) is 4. The number of esters is 1. The van der Waals surface area contributed by atoms with E-state index in [4.69, 9.17) is 9.84 Å². The molecule has 0 aliphatic heterocycles. The third-order valence-corrected chi connectivity index (χ3v) is 13.8. The van der Waals surface area contributed by atoms with E-state index in [0.29, 0.717) is 36.4 Å². The molecule has 2 aromatic heterocycles. The van der Waals surface area contributed by atoms with E-state index in [1.54, 1.807) is 67.6 Å². The molecule has 0 unspecified atom stereocenters. The molecule has 0 saturated carbocycles. The number of aromatic carboxylic acids is 1. The number of aliphatic hydroxyl groups is 1. The number of nitro benzene ring substituents is 2. The number of ether oxygens (including phenoxy) is 1.